The zero-order valence-electron chi connectivity index (χ0n) is 15.8. The van der Waals surface area contributed by atoms with Crippen molar-refractivity contribution >= 4 is 38.3 Å². The highest BCUT2D eigenvalue weighted by molar-refractivity contribution is 7.22. The summed E-state index contributed by atoms with van der Waals surface area (Å²) in [6.07, 6.45) is 10.2. The van der Waals surface area contributed by atoms with Gasteiger partial charge in [-0.05, 0) is 61.4 Å². The Bertz CT molecular complexity index is 948. The van der Waals surface area contributed by atoms with E-state index in [1.165, 1.54) is 18.4 Å². The molecular formula is C22H25N3OS. The topological polar surface area (TPSA) is 54.0 Å². The lowest BCUT2D eigenvalue weighted by Crippen LogP contribution is -2.28. The Balaban J connectivity index is 2.06. The van der Waals surface area contributed by atoms with Gasteiger partial charge >= 0.3 is 6.03 Å². The van der Waals surface area contributed by atoms with Crippen LogP contribution in [0.2, 0.25) is 0 Å². The molecule has 1 aliphatic carbocycles. The number of fused-ring (bicyclic) bond motifs is 1. The average Bonchev–Trinajstić information content (AvgIpc) is 3.37. The van der Waals surface area contributed by atoms with Crippen LogP contribution >= 0.6 is 11.3 Å². The van der Waals surface area contributed by atoms with Crippen LogP contribution in [0.3, 0.4) is 0 Å². The van der Waals surface area contributed by atoms with E-state index in [9.17, 15) is 4.79 Å². The van der Waals surface area contributed by atoms with Gasteiger partial charge in [-0.3, -0.25) is 5.32 Å². The van der Waals surface area contributed by atoms with Gasteiger partial charge in [0.15, 0.2) is 5.13 Å². The van der Waals surface area contributed by atoms with Crippen LogP contribution in [0.5, 0.6) is 0 Å². The van der Waals surface area contributed by atoms with Gasteiger partial charge in [0.25, 0.3) is 0 Å². The summed E-state index contributed by atoms with van der Waals surface area (Å²) in [6.45, 7) is 12.2. The van der Waals surface area contributed by atoms with Crippen LogP contribution in [-0.2, 0) is 0 Å². The van der Waals surface area contributed by atoms with Gasteiger partial charge in [-0.25, -0.2) is 9.78 Å². The molecule has 1 heterocycles. The number of anilines is 1. The lowest BCUT2D eigenvalue weighted by molar-refractivity contribution is 0.252. The Labute approximate surface area is 164 Å². The molecule has 1 aliphatic rings. The molecule has 140 valence electrons. The van der Waals surface area contributed by atoms with Gasteiger partial charge in [-0.1, -0.05) is 54.4 Å². The van der Waals surface area contributed by atoms with Crippen LogP contribution < -0.4 is 10.6 Å². The van der Waals surface area contributed by atoms with E-state index in [2.05, 4.69) is 47.0 Å². The van der Waals surface area contributed by atoms with Gasteiger partial charge in [-0.15, -0.1) is 0 Å². The lowest BCUT2D eigenvalue weighted by Gasteiger charge is -2.08. The van der Waals surface area contributed by atoms with Gasteiger partial charge in [0, 0.05) is 6.54 Å². The molecule has 0 aliphatic heterocycles. The standard InChI is InChI=1S/C22H25N3OS/c1-5-7-8-16(11-14(3)4)17-12-18(15-9-10-15)20-19(13-17)24-22(27-20)25-21(26)23-6-2/h5,7-8,11-13,15H,1,3,6,9-10H2,2,4H3,(H2,23,24,25,26). The monoisotopic (exact) mass is 379 g/mol. The van der Waals surface area contributed by atoms with Crippen molar-refractivity contribution in [1.29, 1.82) is 0 Å². The number of benzene rings is 1. The Morgan fingerprint density at radius 3 is 2.81 bits per heavy atom. The number of carbonyl (C=O) groups is 1. The molecule has 2 amide bonds. The molecule has 4 nitrogen and oxygen atoms in total. The van der Waals surface area contributed by atoms with Crippen LogP contribution in [0.25, 0.3) is 15.8 Å². The zero-order chi connectivity index (χ0) is 19.4. The first-order chi connectivity index (χ1) is 13.0. The molecule has 1 aromatic carbocycles. The number of hydrogen-bond acceptors (Lipinski definition) is 3. The van der Waals surface area contributed by atoms with Gasteiger partial charge in [0.1, 0.15) is 0 Å². The fourth-order valence-electron chi connectivity index (χ4n) is 2.94. The summed E-state index contributed by atoms with van der Waals surface area (Å²) in [5.74, 6) is 0.583. The van der Waals surface area contributed by atoms with Crippen LogP contribution in [0.15, 0.2) is 55.2 Å². The van der Waals surface area contributed by atoms with Crippen molar-refractivity contribution in [3.8, 4) is 0 Å². The number of amides is 2. The third-order valence-corrected chi connectivity index (χ3v) is 5.28. The van der Waals surface area contributed by atoms with Crippen molar-refractivity contribution in [2.24, 2.45) is 0 Å². The zero-order valence-corrected chi connectivity index (χ0v) is 16.7. The quantitative estimate of drug-likeness (QED) is 0.578. The SMILES string of the molecule is C=CC=CC(=CC(=C)C)c1cc(C2CC2)c2sc(NC(=O)NCC)nc2c1. The van der Waals surface area contributed by atoms with Crippen molar-refractivity contribution < 1.29 is 4.79 Å². The summed E-state index contributed by atoms with van der Waals surface area (Å²) in [7, 11) is 0. The molecule has 0 spiro atoms. The molecule has 5 heteroatoms. The Morgan fingerprint density at radius 2 is 2.19 bits per heavy atom. The molecule has 1 fully saturated rings. The smallest absolute Gasteiger partial charge is 0.321 e. The molecule has 0 saturated heterocycles. The predicted octanol–water partition coefficient (Wildman–Crippen LogP) is 6.02. The highest BCUT2D eigenvalue weighted by atomic mass is 32.1. The molecule has 0 radical (unpaired) electrons. The normalized spacial score (nSPS) is 14.5. The molecule has 1 saturated carbocycles. The second kappa shape index (κ2) is 8.35. The van der Waals surface area contributed by atoms with E-state index in [0.717, 1.165) is 26.9 Å². The van der Waals surface area contributed by atoms with E-state index in [-0.39, 0.29) is 6.03 Å². The average molecular weight is 380 g/mol. The third-order valence-electron chi connectivity index (χ3n) is 4.24. The Hall–Kier alpha value is -2.66. The number of aromatic nitrogens is 1. The molecule has 27 heavy (non-hydrogen) atoms. The van der Waals surface area contributed by atoms with E-state index in [1.54, 1.807) is 17.4 Å². The number of carbonyl (C=O) groups excluding carboxylic acids is 1. The van der Waals surface area contributed by atoms with E-state index < -0.39 is 0 Å². The van der Waals surface area contributed by atoms with Crippen molar-refractivity contribution in [2.45, 2.75) is 32.6 Å². The van der Waals surface area contributed by atoms with E-state index in [1.807, 2.05) is 26.0 Å². The molecule has 0 atom stereocenters. The summed E-state index contributed by atoms with van der Waals surface area (Å²) in [5.41, 5.74) is 5.43. The number of hydrogen-bond donors (Lipinski definition) is 2. The molecular weight excluding hydrogens is 354 g/mol. The van der Waals surface area contributed by atoms with Crippen LogP contribution in [0, 0.1) is 0 Å². The van der Waals surface area contributed by atoms with Crippen molar-refractivity contribution in [3.05, 3.63) is 66.3 Å². The molecule has 1 aromatic heterocycles. The first-order valence-electron chi connectivity index (χ1n) is 9.17. The minimum Gasteiger partial charge on any atom is -0.338 e. The minimum absolute atomic E-state index is 0.221. The fourth-order valence-corrected chi connectivity index (χ4v) is 3.98. The fraction of sp³-hybridized carbons (Fsp3) is 0.273. The lowest BCUT2D eigenvalue weighted by atomic mass is 9.98. The van der Waals surface area contributed by atoms with E-state index in [0.29, 0.717) is 17.6 Å². The summed E-state index contributed by atoms with van der Waals surface area (Å²) in [4.78, 5) is 16.5. The summed E-state index contributed by atoms with van der Waals surface area (Å²) in [6, 6.07) is 4.13. The van der Waals surface area contributed by atoms with Crippen LogP contribution in [0.1, 0.15) is 43.7 Å². The maximum Gasteiger partial charge on any atom is 0.321 e. The molecule has 0 bridgehead atoms. The molecule has 2 N–H and O–H groups in total. The Kier molecular flexibility index (Phi) is 5.91. The van der Waals surface area contributed by atoms with Crippen LogP contribution in [0.4, 0.5) is 9.93 Å². The number of urea groups is 1. The third kappa shape index (κ3) is 4.74. The number of nitrogens with zero attached hydrogens (tertiary/aromatic N) is 1. The highest BCUT2D eigenvalue weighted by Gasteiger charge is 2.27. The summed E-state index contributed by atoms with van der Waals surface area (Å²) >= 11 is 1.54. The molecule has 0 unspecified atom stereocenters. The second-order valence-electron chi connectivity index (χ2n) is 6.73. The highest BCUT2D eigenvalue weighted by Crippen LogP contribution is 2.46. The van der Waals surface area contributed by atoms with E-state index in [4.69, 9.17) is 0 Å². The maximum absolute atomic E-state index is 11.8. The van der Waals surface area contributed by atoms with Crippen molar-refractivity contribution in [1.82, 2.24) is 10.3 Å². The predicted molar refractivity (Wildman–Crippen MR) is 116 cm³/mol. The first-order valence-corrected chi connectivity index (χ1v) is 9.99. The number of nitrogens with one attached hydrogen (secondary N) is 2. The van der Waals surface area contributed by atoms with E-state index >= 15 is 0 Å². The first kappa shape index (κ1) is 19.1. The van der Waals surface area contributed by atoms with Gasteiger partial charge < -0.3 is 5.32 Å². The van der Waals surface area contributed by atoms with Gasteiger partial charge in [0.2, 0.25) is 0 Å². The summed E-state index contributed by atoms with van der Waals surface area (Å²) < 4.78 is 1.16. The van der Waals surface area contributed by atoms with Crippen molar-refractivity contribution in [3.63, 3.8) is 0 Å². The minimum atomic E-state index is -0.221. The maximum atomic E-state index is 11.8. The number of thiazole rings is 1. The second-order valence-corrected chi connectivity index (χ2v) is 7.73. The molecule has 2 aromatic rings. The van der Waals surface area contributed by atoms with Gasteiger partial charge in [0.05, 0.1) is 10.2 Å². The number of allylic oxidation sites excluding steroid dienone is 6. The summed E-state index contributed by atoms with van der Waals surface area (Å²) in [5, 5.41) is 6.20. The Morgan fingerprint density at radius 1 is 1.41 bits per heavy atom. The number of rotatable bonds is 7. The van der Waals surface area contributed by atoms with Crippen LogP contribution in [-0.4, -0.2) is 17.6 Å². The van der Waals surface area contributed by atoms with Gasteiger partial charge in [-0.2, -0.15) is 0 Å². The largest absolute Gasteiger partial charge is 0.338 e. The van der Waals surface area contributed by atoms with Crippen molar-refractivity contribution in [2.75, 3.05) is 11.9 Å². The molecule has 3 rings (SSSR count).